The molecule has 0 aliphatic rings. The van der Waals surface area contributed by atoms with E-state index >= 15 is 0 Å². The Balaban J connectivity index is 1.52. The molecule has 0 aliphatic carbocycles. The fourth-order valence-electron chi connectivity index (χ4n) is 3.00. The van der Waals surface area contributed by atoms with Crippen LogP contribution in [0.1, 0.15) is 71.1 Å². The maximum Gasteiger partial charge on any atom is 0.286 e. The van der Waals surface area contributed by atoms with E-state index in [-0.39, 0.29) is 0 Å². The van der Waals surface area contributed by atoms with Crippen molar-refractivity contribution in [2.24, 2.45) is 0 Å². The molecule has 0 saturated heterocycles. The first kappa shape index (κ1) is 16.1. The smallest absolute Gasteiger partial charge is 0.230 e. The Bertz CT molecular complexity index is 501. The van der Waals surface area contributed by atoms with Crippen LogP contribution in [0.15, 0.2) is 36.8 Å². The molecular weight excluding hydrogens is 256 g/mol. The zero-order valence-electron chi connectivity index (χ0n) is 13.6. The topological polar surface area (TPSA) is 8.29 Å². The molecule has 0 N–H and O–H groups in total. The number of pyridine rings is 1. The van der Waals surface area contributed by atoms with Gasteiger partial charge in [0.1, 0.15) is 12.4 Å². The molecule has 0 fully saturated rings. The van der Waals surface area contributed by atoms with Crippen molar-refractivity contribution in [3.8, 4) is 0 Å². The SMILES string of the molecule is CCCCCCCCCCCC[n+]1ccn2ccccc21. The number of nitrogens with zero attached hydrogens (tertiary/aromatic N) is 2. The highest BCUT2D eigenvalue weighted by Gasteiger charge is 2.06. The fraction of sp³-hybridized carbons (Fsp3) is 0.632. The van der Waals surface area contributed by atoms with Gasteiger partial charge in [0.25, 0.3) is 5.65 Å². The zero-order chi connectivity index (χ0) is 14.8. The quantitative estimate of drug-likeness (QED) is 0.399. The molecule has 0 atom stereocenters. The van der Waals surface area contributed by atoms with Gasteiger partial charge in [0, 0.05) is 6.07 Å². The first-order chi connectivity index (χ1) is 10.4. The van der Waals surface area contributed by atoms with Gasteiger partial charge < -0.3 is 0 Å². The van der Waals surface area contributed by atoms with Crippen LogP contribution in [-0.2, 0) is 6.54 Å². The Morgan fingerprint density at radius 2 is 1.48 bits per heavy atom. The molecular formula is C19H31N2+. The lowest BCUT2D eigenvalue weighted by atomic mass is 10.1. The molecule has 2 rings (SSSR count). The maximum atomic E-state index is 2.37. The third-order valence-electron chi connectivity index (χ3n) is 4.32. The predicted octanol–water partition coefficient (Wildman–Crippen LogP) is 5.15. The molecule has 0 radical (unpaired) electrons. The number of unbranched alkanes of at least 4 members (excludes halogenated alkanes) is 9. The summed E-state index contributed by atoms with van der Waals surface area (Å²) >= 11 is 0. The van der Waals surface area contributed by atoms with Gasteiger partial charge in [-0.3, -0.25) is 0 Å². The number of hydrogen-bond acceptors (Lipinski definition) is 0. The Kier molecular flexibility index (Phi) is 7.34. The van der Waals surface area contributed by atoms with Crippen molar-refractivity contribution in [1.82, 2.24) is 4.40 Å². The van der Waals surface area contributed by atoms with Crippen molar-refractivity contribution < 1.29 is 4.57 Å². The van der Waals surface area contributed by atoms with Crippen LogP contribution in [0.25, 0.3) is 5.65 Å². The van der Waals surface area contributed by atoms with Gasteiger partial charge >= 0.3 is 0 Å². The second-order valence-corrected chi connectivity index (χ2v) is 6.14. The standard InChI is InChI=1S/C19H31N2/c1-2-3-4-5-6-7-8-9-10-12-15-20-17-18-21-16-13-11-14-19(20)21/h11,13-14,16-18H,2-10,12,15H2,1H3/q+1. The summed E-state index contributed by atoms with van der Waals surface area (Å²) in [5.41, 5.74) is 1.30. The summed E-state index contributed by atoms with van der Waals surface area (Å²) in [7, 11) is 0. The molecule has 0 aliphatic heterocycles. The van der Waals surface area contributed by atoms with Gasteiger partial charge in [0.15, 0.2) is 0 Å². The third-order valence-corrected chi connectivity index (χ3v) is 4.32. The molecule has 2 aromatic heterocycles. The van der Waals surface area contributed by atoms with E-state index in [4.69, 9.17) is 0 Å². The molecule has 0 saturated carbocycles. The number of aryl methyl sites for hydroxylation is 1. The van der Waals surface area contributed by atoms with Crippen molar-refractivity contribution >= 4 is 5.65 Å². The summed E-state index contributed by atoms with van der Waals surface area (Å²) in [5.74, 6) is 0. The Hall–Kier alpha value is -1.31. The van der Waals surface area contributed by atoms with Gasteiger partial charge in [-0.2, -0.15) is 0 Å². The van der Waals surface area contributed by atoms with E-state index < -0.39 is 0 Å². The summed E-state index contributed by atoms with van der Waals surface area (Å²) in [6.45, 7) is 3.43. The first-order valence-electron chi connectivity index (χ1n) is 8.87. The van der Waals surface area contributed by atoms with Crippen LogP contribution in [0.5, 0.6) is 0 Å². The Labute approximate surface area is 129 Å². The molecule has 2 aromatic rings. The van der Waals surface area contributed by atoms with Gasteiger partial charge in [-0.1, -0.05) is 64.4 Å². The van der Waals surface area contributed by atoms with E-state index in [0.717, 1.165) is 6.54 Å². The van der Waals surface area contributed by atoms with Crippen LogP contribution >= 0.6 is 0 Å². The van der Waals surface area contributed by atoms with Crippen molar-refractivity contribution in [3.05, 3.63) is 36.8 Å². The minimum atomic E-state index is 1.15. The lowest BCUT2D eigenvalue weighted by molar-refractivity contribution is -0.671. The van der Waals surface area contributed by atoms with Crippen molar-refractivity contribution in [1.29, 1.82) is 0 Å². The number of rotatable bonds is 11. The molecule has 0 aromatic carbocycles. The largest absolute Gasteiger partial charge is 0.286 e. The highest BCUT2D eigenvalue weighted by molar-refractivity contribution is 5.30. The van der Waals surface area contributed by atoms with Gasteiger partial charge in [-0.25, -0.2) is 8.97 Å². The predicted molar refractivity (Wildman–Crippen MR) is 89.4 cm³/mol. The average molecular weight is 287 g/mol. The average Bonchev–Trinajstić information content (AvgIpc) is 2.92. The van der Waals surface area contributed by atoms with E-state index in [9.17, 15) is 0 Å². The van der Waals surface area contributed by atoms with Crippen molar-refractivity contribution in [2.45, 2.75) is 77.7 Å². The van der Waals surface area contributed by atoms with Crippen molar-refractivity contribution in [3.63, 3.8) is 0 Å². The summed E-state index contributed by atoms with van der Waals surface area (Å²) < 4.78 is 4.56. The highest BCUT2D eigenvalue weighted by atomic mass is 15.1. The number of fused-ring (bicyclic) bond motifs is 1. The molecule has 2 heterocycles. The normalized spacial score (nSPS) is 11.3. The summed E-state index contributed by atoms with van der Waals surface area (Å²) in [6, 6.07) is 6.39. The Morgan fingerprint density at radius 3 is 2.19 bits per heavy atom. The molecule has 2 nitrogen and oxygen atoms in total. The van der Waals surface area contributed by atoms with E-state index in [1.165, 1.54) is 69.9 Å². The number of imidazole rings is 1. The fourth-order valence-corrected chi connectivity index (χ4v) is 3.00. The van der Waals surface area contributed by atoms with Crippen LogP contribution in [0, 0.1) is 0 Å². The molecule has 0 unspecified atom stereocenters. The van der Waals surface area contributed by atoms with Gasteiger partial charge in [-0.05, 0) is 18.9 Å². The molecule has 0 bridgehead atoms. The van der Waals surface area contributed by atoms with Crippen LogP contribution in [-0.4, -0.2) is 4.40 Å². The van der Waals surface area contributed by atoms with Crippen LogP contribution in [0.3, 0.4) is 0 Å². The summed E-state index contributed by atoms with van der Waals surface area (Å²) in [6.07, 6.45) is 20.5. The monoisotopic (exact) mass is 287 g/mol. The Morgan fingerprint density at radius 1 is 0.810 bits per heavy atom. The lowest BCUT2D eigenvalue weighted by Gasteiger charge is -2.02. The molecule has 0 spiro atoms. The second-order valence-electron chi connectivity index (χ2n) is 6.14. The number of hydrogen-bond donors (Lipinski definition) is 0. The molecule has 0 amide bonds. The highest BCUT2D eigenvalue weighted by Crippen LogP contribution is 2.10. The van der Waals surface area contributed by atoms with Crippen LogP contribution in [0.2, 0.25) is 0 Å². The van der Waals surface area contributed by atoms with Gasteiger partial charge in [-0.15, -0.1) is 0 Å². The van der Waals surface area contributed by atoms with E-state index in [2.05, 4.69) is 52.7 Å². The summed E-state index contributed by atoms with van der Waals surface area (Å²) in [5, 5.41) is 0. The van der Waals surface area contributed by atoms with Crippen LogP contribution < -0.4 is 4.57 Å². The lowest BCUT2D eigenvalue weighted by Crippen LogP contribution is -2.32. The second kappa shape index (κ2) is 9.59. The minimum absolute atomic E-state index is 1.15. The summed E-state index contributed by atoms with van der Waals surface area (Å²) in [4.78, 5) is 0. The number of aromatic nitrogens is 2. The van der Waals surface area contributed by atoms with E-state index in [1.807, 2.05) is 0 Å². The maximum absolute atomic E-state index is 2.37. The molecule has 2 heteroatoms. The molecule has 116 valence electrons. The van der Waals surface area contributed by atoms with Gasteiger partial charge in [0.05, 0.1) is 12.7 Å². The minimum Gasteiger partial charge on any atom is -0.230 e. The van der Waals surface area contributed by atoms with Crippen molar-refractivity contribution in [2.75, 3.05) is 0 Å². The molecule has 21 heavy (non-hydrogen) atoms. The first-order valence-corrected chi connectivity index (χ1v) is 8.87. The van der Waals surface area contributed by atoms with E-state index in [0.29, 0.717) is 0 Å². The third kappa shape index (κ3) is 5.53. The zero-order valence-corrected chi connectivity index (χ0v) is 13.6. The van der Waals surface area contributed by atoms with Crippen LogP contribution in [0.4, 0.5) is 0 Å². The van der Waals surface area contributed by atoms with Gasteiger partial charge in [0.2, 0.25) is 0 Å². The van der Waals surface area contributed by atoms with E-state index in [1.54, 1.807) is 0 Å².